The first-order valence-corrected chi connectivity index (χ1v) is 23.1. The predicted octanol–water partition coefficient (Wildman–Crippen LogP) is 1.16. The number of aliphatic carboxylic acids is 1. The summed E-state index contributed by atoms with van der Waals surface area (Å²) in [5.41, 5.74) is -2.39. The average Bonchev–Trinajstić information content (AvgIpc) is 3.21. The third kappa shape index (κ3) is 7.42. The molecule has 7 fully saturated rings. The van der Waals surface area contributed by atoms with Crippen molar-refractivity contribution in [3.8, 4) is 0 Å². The van der Waals surface area contributed by atoms with Gasteiger partial charge >= 0.3 is 5.97 Å². The topological polar surface area (TPSA) is 272 Å². The van der Waals surface area contributed by atoms with Gasteiger partial charge in [0.05, 0.1) is 43.5 Å². The molecule has 0 aromatic rings. The van der Waals surface area contributed by atoms with E-state index >= 15 is 0 Å². The number of aldehydes is 1. The van der Waals surface area contributed by atoms with Crippen molar-refractivity contribution in [3.63, 3.8) is 0 Å². The number of carboxylic acids is 1. The summed E-state index contributed by atoms with van der Waals surface area (Å²) in [5, 5.41) is 96.8. The number of aliphatic hydroxyl groups is 8. The molecular formula is C46H72O17. The number of fused-ring (bicyclic) bond motifs is 7. The van der Waals surface area contributed by atoms with E-state index in [4.69, 9.17) is 28.4 Å². The minimum absolute atomic E-state index is 0.0746. The summed E-state index contributed by atoms with van der Waals surface area (Å²) in [6.07, 6.45) is -10.4. The Bertz CT molecular complexity index is 1740. The maximum Gasteiger partial charge on any atom is 0.312 e. The minimum atomic E-state index is -1.72. The maximum atomic E-state index is 13.7. The Balaban J connectivity index is 1.08. The third-order valence-corrected chi connectivity index (χ3v) is 18.4. The molecule has 0 radical (unpaired) electrons. The van der Waals surface area contributed by atoms with Crippen LogP contribution in [-0.4, -0.2) is 164 Å². The molecule has 0 aromatic heterocycles. The molecule has 63 heavy (non-hydrogen) atoms. The normalized spacial score (nSPS) is 54.4. The minimum Gasteiger partial charge on any atom is -0.481 e. The Labute approximate surface area is 369 Å². The molecule has 5 aliphatic carbocycles. The van der Waals surface area contributed by atoms with Crippen LogP contribution < -0.4 is 0 Å². The summed E-state index contributed by atoms with van der Waals surface area (Å²) in [7, 11) is 0. The number of hydrogen-bond donors (Lipinski definition) is 9. The van der Waals surface area contributed by atoms with E-state index in [2.05, 4.69) is 40.7 Å². The Morgan fingerprint density at radius 2 is 1.44 bits per heavy atom. The molecule has 9 N–H and O–H groups in total. The Morgan fingerprint density at radius 1 is 0.762 bits per heavy atom. The number of hydrogen-bond acceptors (Lipinski definition) is 16. The summed E-state index contributed by atoms with van der Waals surface area (Å²) < 4.78 is 36.6. The fourth-order valence-corrected chi connectivity index (χ4v) is 14.5. The predicted molar refractivity (Wildman–Crippen MR) is 219 cm³/mol. The average molecular weight is 897 g/mol. The van der Waals surface area contributed by atoms with Crippen LogP contribution in [0.2, 0.25) is 0 Å². The summed E-state index contributed by atoms with van der Waals surface area (Å²) in [4.78, 5) is 26.9. The van der Waals surface area contributed by atoms with Crippen molar-refractivity contribution in [2.24, 2.45) is 50.2 Å². The van der Waals surface area contributed by atoms with Gasteiger partial charge in [0, 0.05) is 6.42 Å². The third-order valence-electron chi connectivity index (χ3n) is 18.4. The van der Waals surface area contributed by atoms with Gasteiger partial charge in [0.25, 0.3) is 0 Å². The van der Waals surface area contributed by atoms with Crippen LogP contribution >= 0.6 is 0 Å². The van der Waals surface area contributed by atoms with Crippen LogP contribution in [0.25, 0.3) is 0 Å². The van der Waals surface area contributed by atoms with Crippen molar-refractivity contribution in [2.45, 2.75) is 192 Å². The van der Waals surface area contributed by atoms with Gasteiger partial charge in [-0.2, -0.15) is 0 Å². The van der Waals surface area contributed by atoms with Gasteiger partial charge in [-0.15, -0.1) is 0 Å². The van der Waals surface area contributed by atoms with Crippen molar-refractivity contribution in [1.82, 2.24) is 0 Å². The largest absolute Gasteiger partial charge is 0.481 e. The molecule has 17 nitrogen and oxygen atoms in total. The summed E-state index contributed by atoms with van der Waals surface area (Å²) in [6.45, 7) is 11.8. The maximum absolute atomic E-state index is 13.7. The summed E-state index contributed by atoms with van der Waals surface area (Å²) in [6, 6.07) is 0. The molecule has 358 valence electrons. The highest BCUT2D eigenvalue weighted by molar-refractivity contribution is 5.77. The highest BCUT2D eigenvalue weighted by Gasteiger charge is 2.72. The van der Waals surface area contributed by atoms with Gasteiger partial charge in [0.2, 0.25) is 0 Å². The van der Waals surface area contributed by atoms with Crippen LogP contribution in [0.15, 0.2) is 11.6 Å². The number of allylic oxidation sites excluding steroid dienone is 2. The smallest absolute Gasteiger partial charge is 0.312 e. The first kappa shape index (κ1) is 47.8. The van der Waals surface area contributed by atoms with Crippen LogP contribution in [-0.2, 0) is 38.0 Å². The van der Waals surface area contributed by atoms with E-state index in [1.165, 1.54) is 5.57 Å². The van der Waals surface area contributed by atoms with Crippen molar-refractivity contribution in [2.75, 3.05) is 19.8 Å². The number of ether oxygens (including phenoxy) is 6. The lowest BCUT2D eigenvalue weighted by Gasteiger charge is -2.71. The molecule has 0 spiro atoms. The SMILES string of the molecule is CC1(C)CCC2(C(=O)O)C(C1)C1=CCC3C4(C)CC[C@H](O[C@@H]5OC[C@@H](O)[C@H](O[C@@H]6OC[C@@H](O)[C@H](O)C6O)C5O[C@@H]5OC(CO)[C@H](O)C[C@@H]5O)C(C)(C=O)[C@@H]4CC[C@]3(C)[C@]1(C)C[C@H]2O. The van der Waals surface area contributed by atoms with Gasteiger partial charge < -0.3 is 79.2 Å². The molecule has 3 aliphatic heterocycles. The van der Waals surface area contributed by atoms with E-state index in [1.807, 2.05) is 6.92 Å². The van der Waals surface area contributed by atoms with E-state index in [0.29, 0.717) is 44.9 Å². The molecule has 0 bridgehead atoms. The van der Waals surface area contributed by atoms with E-state index < -0.39 is 115 Å². The van der Waals surface area contributed by atoms with E-state index in [9.17, 15) is 55.5 Å². The van der Waals surface area contributed by atoms with Crippen molar-refractivity contribution in [3.05, 3.63) is 11.6 Å². The van der Waals surface area contributed by atoms with Gasteiger partial charge in [0.1, 0.15) is 60.5 Å². The fourth-order valence-electron chi connectivity index (χ4n) is 14.5. The quantitative estimate of drug-likeness (QED) is 0.0893. The molecule has 8 rings (SSSR count). The zero-order valence-electron chi connectivity index (χ0n) is 37.5. The molecule has 17 heteroatoms. The monoisotopic (exact) mass is 896 g/mol. The Hall–Kier alpha value is -1.68. The second-order valence-corrected chi connectivity index (χ2v) is 22.2. The lowest BCUT2D eigenvalue weighted by atomic mass is 9.33. The number of rotatable bonds is 9. The second kappa shape index (κ2) is 16.8. The summed E-state index contributed by atoms with van der Waals surface area (Å²) in [5.74, 6) is -1.30. The second-order valence-electron chi connectivity index (χ2n) is 22.2. The van der Waals surface area contributed by atoms with Gasteiger partial charge in [-0.05, 0) is 97.2 Å². The van der Waals surface area contributed by atoms with Crippen LogP contribution in [0.3, 0.4) is 0 Å². The first-order valence-electron chi connectivity index (χ1n) is 23.1. The molecule has 22 atom stereocenters. The lowest BCUT2D eigenvalue weighted by molar-refractivity contribution is -0.378. The van der Waals surface area contributed by atoms with E-state index in [-0.39, 0.29) is 53.6 Å². The van der Waals surface area contributed by atoms with Crippen molar-refractivity contribution >= 4 is 12.3 Å². The van der Waals surface area contributed by atoms with Gasteiger partial charge in [0.15, 0.2) is 18.9 Å². The molecule has 3 saturated heterocycles. The number of carbonyl (C=O) groups is 2. The van der Waals surface area contributed by atoms with E-state index in [0.717, 1.165) is 19.1 Å². The molecule has 8 aliphatic rings. The molecule has 4 saturated carbocycles. The number of carboxylic acid groups (broad SMARTS) is 1. The molecular weight excluding hydrogens is 824 g/mol. The Kier molecular flexibility index (Phi) is 12.8. The van der Waals surface area contributed by atoms with Crippen molar-refractivity contribution in [1.29, 1.82) is 0 Å². The van der Waals surface area contributed by atoms with Gasteiger partial charge in [-0.3, -0.25) is 4.79 Å². The number of carbonyl (C=O) groups excluding carboxylic acids is 1. The van der Waals surface area contributed by atoms with E-state index in [1.54, 1.807) is 0 Å². The summed E-state index contributed by atoms with van der Waals surface area (Å²) >= 11 is 0. The molecule has 0 aromatic carbocycles. The molecule has 8 unspecified atom stereocenters. The lowest BCUT2D eigenvalue weighted by Crippen LogP contribution is -2.68. The van der Waals surface area contributed by atoms with Gasteiger partial charge in [-0.1, -0.05) is 53.2 Å². The van der Waals surface area contributed by atoms with Crippen LogP contribution in [0.4, 0.5) is 0 Å². The number of aliphatic hydroxyl groups excluding tert-OH is 8. The molecule has 0 amide bonds. The molecule has 3 heterocycles. The van der Waals surface area contributed by atoms with Gasteiger partial charge in [-0.25, -0.2) is 0 Å². The fraction of sp³-hybridized carbons (Fsp3) is 0.913. The first-order chi connectivity index (χ1) is 29.5. The van der Waals surface area contributed by atoms with Crippen LogP contribution in [0.1, 0.15) is 106 Å². The zero-order chi connectivity index (χ0) is 45.8. The highest BCUT2D eigenvalue weighted by atomic mass is 16.8. The zero-order valence-corrected chi connectivity index (χ0v) is 37.5. The standard InChI is InChI=1S/C46H72O17/c1-41(2)13-14-46(40(56)57)23(16-41)22-7-8-30-42(3)11-10-32(43(4,21-48)29(42)9-12-44(30,5)45(22,6)17-31(46)53)61-39-36(63-37-25(50)15-24(49)28(18-47)60-37)35(27(52)20-59-39)62-38-34(55)33(54)26(51)19-58-38/h7,21,23-39,47,49-55H,8-20H2,1-6H3,(H,56,57)/t23?,24-,25+,26-,27-,28?,29-,30?,31-,32+,33+,34?,35+,36?,37+,38+,39+,42?,43?,44+,45-,46?/m1/s1. The van der Waals surface area contributed by atoms with Crippen LogP contribution in [0.5, 0.6) is 0 Å². The Morgan fingerprint density at radius 3 is 2.13 bits per heavy atom. The highest BCUT2D eigenvalue weighted by Crippen LogP contribution is 2.76. The van der Waals surface area contributed by atoms with Crippen LogP contribution in [0, 0.1) is 50.2 Å². The van der Waals surface area contributed by atoms with Crippen molar-refractivity contribution < 1.29 is 84.0 Å².